The Morgan fingerprint density at radius 3 is 0.890 bits per heavy atom. The van der Waals surface area contributed by atoms with Gasteiger partial charge in [0.15, 0.2) is 0 Å². The number of aromatic nitrogens is 2. The summed E-state index contributed by atoms with van der Waals surface area (Å²) in [6.07, 6.45) is 0. The molecular formula is C77H65B2N3. The highest BCUT2D eigenvalue weighted by Gasteiger charge is 2.46. The van der Waals surface area contributed by atoms with Gasteiger partial charge in [0.25, 0.3) is 0 Å². The van der Waals surface area contributed by atoms with E-state index in [9.17, 15) is 0 Å². The Kier molecular flexibility index (Phi) is 11.3. The molecule has 13 aromatic rings. The number of para-hydroxylation sites is 4. The van der Waals surface area contributed by atoms with Crippen LogP contribution in [0.3, 0.4) is 0 Å². The van der Waals surface area contributed by atoms with Crippen molar-refractivity contribution in [3.63, 3.8) is 0 Å². The second kappa shape index (κ2) is 18.5. The van der Waals surface area contributed by atoms with Gasteiger partial charge in [0.05, 0.1) is 22.1 Å². The standard InChI is InChI=1S/C77H65B2N3/c1-44-40-67-77-68(41-44)79(76-53(10)49(6)46(3)50(7)54(76)11)66-43-58(56-30-36-60(37-31-56)81-71-26-18-14-22-63(71)64-23-15-19-27-72(64)81)33-39-74(66)82(77)73-38-32-57(42-65(73)78(67)75-51(8)47(4)45(2)48(5)52(75)9)55-28-34-59(35-29-55)80-69-24-16-12-20-61(69)62-21-13-17-25-70(62)80/h12-43H,1-11H3. The van der Waals surface area contributed by atoms with Crippen LogP contribution in [0.5, 0.6) is 0 Å². The molecule has 0 atom stereocenters. The Labute approximate surface area is 483 Å². The van der Waals surface area contributed by atoms with Crippen LogP contribution in [-0.2, 0) is 0 Å². The van der Waals surface area contributed by atoms with Crippen molar-refractivity contribution >= 4 is 107 Å². The molecule has 82 heavy (non-hydrogen) atoms. The van der Waals surface area contributed by atoms with E-state index in [0.29, 0.717) is 0 Å². The van der Waals surface area contributed by atoms with Crippen LogP contribution in [0.1, 0.15) is 61.2 Å². The van der Waals surface area contributed by atoms with Gasteiger partial charge in [-0.3, -0.25) is 0 Å². The van der Waals surface area contributed by atoms with Gasteiger partial charge in [-0.05, 0) is 214 Å². The highest BCUT2D eigenvalue weighted by atomic mass is 15.2. The van der Waals surface area contributed by atoms with E-state index in [1.807, 2.05) is 0 Å². The smallest absolute Gasteiger partial charge is 0.247 e. The first-order valence-electron chi connectivity index (χ1n) is 29.3. The third-order valence-electron chi connectivity index (χ3n) is 20.1. The molecule has 2 aliphatic rings. The first-order valence-corrected chi connectivity index (χ1v) is 29.3. The van der Waals surface area contributed by atoms with Crippen LogP contribution >= 0.6 is 0 Å². The summed E-state index contributed by atoms with van der Waals surface area (Å²) in [4.78, 5) is 2.67. The molecule has 3 nitrogen and oxygen atoms in total. The monoisotopic (exact) mass is 1050 g/mol. The minimum atomic E-state index is -0.00654. The van der Waals surface area contributed by atoms with Gasteiger partial charge >= 0.3 is 0 Å². The maximum atomic E-state index is 2.67. The molecule has 0 aliphatic carbocycles. The van der Waals surface area contributed by atoms with Crippen molar-refractivity contribution in [3.8, 4) is 33.6 Å². The zero-order chi connectivity index (χ0) is 56.1. The van der Waals surface area contributed by atoms with Crippen LogP contribution in [0.15, 0.2) is 194 Å². The van der Waals surface area contributed by atoms with Crippen molar-refractivity contribution in [3.05, 3.63) is 255 Å². The Hall–Kier alpha value is -9.05. The van der Waals surface area contributed by atoms with Gasteiger partial charge in [-0.2, -0.15) is 0 Å². The molecule has 11 aromatic carbocycles. The van der Waals surface area contributed by atoms with Crippen molar-refractivity contribution < 1.29 is 0 Å². The number of fused-ring (bicyclic) bond motifs is 10. The summed E-state index contributed by atoms with van der Waals surface area (Å²) in [7, 11) is 0. The minimum Gasteiger partial charge on any atom is -0.313 e. The lowest BCUT2D eigenvalue weighted by atomic mass is 9.29. The van der Waals surface area contributed by atoms with Gasteiger partial charge in [-0.15, -0.1) is 0 Å². The summed E-state index contributed by atoms with van der Waals surface area (Å²) in [5.74, 6) is 0. The SMILES string of the molecule is Cc1cc2c3c(c1)B(c1c(C)c(C)c(C)c(C)c1C)c1cc(-c4ccc(-n5c6ccccc6c6ccccc65)cc4)ccc1N3c1ccc(-c3ccc(-n4c5ccccc5c5ccccc54)cc3)cc1B2c1c(C)c(C)c(C)c(C)c1C. The number of hydrogen-bond donors (Lipinski definition) is 0. The second-order valence-corrected chi connectivity index (χ2v) is 24.0. The predicted molar refractivity (Wildman–Crippen MR) is 355 cm³/mol. The lowest BCUT2D eigenvalue weighted by molar-refractivity contribution is 1.18. The maximum absolute atomic E-state index is 2.67. The summed E-state index contributed by atoms with van der Waals surface area (Å²) < 4.78 is 4.83. The molecule has 0 saturated carbocycles. The molecule has 5 heteroatoms. The number of nitrogens with zero attached hydrogens (tertiary/aromatic N) is 3. The highest BCUT2D eigenvalue weighted by molar-refractivity contribution is 7.02. The minimum absolute atomic E-state index is 0.00654. The van der Waals surface area contributed by atoms with Crippen molar-refractivity contribution in [1.82, 2.24) is 9.13 Å². The number of hydrogen-bond acceptors (Lipinski definition) is 1. The summed E-state index contributed by atoms with van der Waals surface area (Å²) in [5, 5.41) is 5.09. The number of benzene rings is 11. The lowest BCUT2D eigenvalue weighted by Crippen LogP contribution is -2.66. The highest BCUT2D eigenvalue weighted by Crippen LogP contribution is 2.42. The van der Waals surface area contributed by atoms with E-state index in [2.05, 4.69) is 284 Å². The van der Waals surface area contributed by atoms with Crippen LogP contribution in [0, 0.1) is 76.2 Å². The van der Waals surface area contributed by atoms with E-state index >= 15 is 0 Å². The quantitative estimate of drug-likeness (QED) is 0.151. The third-order valence-corrected chi connectivity index (χ3v) is 20.1. The summed E-state index contributed by atoms with van der Waals surface area (Å²) in [6.45, 7) is 25.8. The van der Waals surface area contributed by atoms with E-state index in [0.717, 1.165) is 11.4 Å². The van der Waals surface area contributed by atoms with Gasteiger partial charge in [0.1, 0.15) is 0 Å². The molecule has 0 N–H and O–H groups in total. The average molecular weight is 1050 g/mol. The van der Waals surface area contributed by atoms with E-state index < -0.39 is 0 Å². The van der Waals surface area contributed by atoms with E-state index in [-0.39, 0.29) is 13.4 Å². The van der Waals surface area contributed by atoms with Crippen molar-refractivity contribution in [2.24, 2.45) is 0 Å². The van der Waals surface area contributed by atoms with Crippen molar-refractivity contribution in [1.29, 1.82) is 0 Å². The van der Waals surface area contributed by atoms with Gasteiger partial charge in [0.2, 0.25) is 13.4 Å². The van der Waals surface area contributed by atoms with Crippen molar-refractivity contribution in [2.45, 2.75) is 76.2 Å². The average Bonchev–Trinajstić information content (AvgIpc) is 2.99. The largest absolute Gasteiger partial charge is 0.313 e. The van der Waals surface area contributed by atoms with Gasteiger partial charge in [-0.1, -0.05) is 172 Å². The van der Waals surface area contributed by atoms with Gasteiger partial charge in [-0.25, -0.2) is 0 Å². The molecule has 0 radical (unpaired) electrons. The van der Waals surface area contributed by atoms with Crippen LogP contribution in [0.25, 0.3) is 77.2 Å². The van der Waals surface area contributed by atoms with Crippen LogP contribution in [-0.4, -0.2) is 22.6 Å². The molecule has 15 rings (SSSR count). The fraction of sp³-hybridized carbons (Fsp3) is 0.143. The van der Waals surface area contributed by atoms with Gasteiger partial charge < -0.3 is 14.0 Å². The first kappa shape index (κ1) is 50.0. The van der Waals surface area contributed by atoms with Crippen LogP contribution in [0.2, 0.25) is 0 Å². The molecule has 0 amide bonds. The summed E-state index contributed by atoms with van der Waals surface area (Å²) in [5.41, 5.74) is 39.3. The Morgan fingerprint density at radius 2 is 0.561 bits per heavy atom. The fourth-order valence-corrected chi connectivity index (χ4v) is 15.1. The third kappa shape index (κ3) is 7.11. The van der Waals surface area contributed by atoms with Crippen molar-refractivity contribution in [2.75, 3.05) is 4.90 Å². The first-order chi connectivity index (χ1) is 39.8. The van der Waals surface area contributed by atoms with E-state index in [4.69, 9.17) is 0 Å². The maximum Gasteiger partial charge on any atom is 0.247 e. The molecule has 0 unspecified atom stereocenters. The molecular weight excluding hydrogens is 988 g/mol. The summed E-state index contributed by atoms with van der Waals surface area (Å²) in [6, 6.07) is 73.6. The Balaban J connectivity index is 0.947. The molecule has 0 fully saturated rings. The zero-order valence-electron chi connectivity index (χ0n) is 49.0. The molecule has 0 spiro atoms. The summed E-state index contributed by atoms with van der Waals surface area (Å²) >= 11 is 0. The predicted octanol–water partition coefficient (Wildman–Crippen LogP) is 15.7. The van der Waals surface area contributed by atoms with Gasteiger partial charge in [0, 0.05) is 50.0 Å². The number of rotatable bonds is 6. The lowest BCUT2D eigenvalue weighted by Gasteiger charge is -2.45. The normalized spacial score (nSPS) is 12.7. The van der Waals surface area contributed by atoms with E-state index in [1.54, 1.807) is 0 Å². The molecule has 0 bridgehead atoms. The van der Waals surface area contributed by atoms with Crippen LogP contribution in [0.4, 0.5) is 17.1 Å². The Morgan fingerprint density at radius 1 is 0.268 bits per heavy atom. The molecule has 394 valence electrons. The second-order valence-electron chi connectivity index (χ2n) is 24.0. The van der Waals surface area contributed by atoms with E-state index in [1.165, 1.54) is 177 Å². The Bertz CT molecular complexity index is 4410. The molecule has 4 heterocycles. The fourth-order valence-electron chi connectivity index (χ4n) is 15.1. The molecule has 0 saturated heterocycles. The topological polar surface area (TPSA) is 13.1 Å². The molecule has 2 aromatic heterocycles. The van der Waals surface area contributed by atoms with Crippen LogP contribution < -0.4 is 37.7 Å². The molecule has 2 aliphatic heterocycles. The number of aryl methyl sites for hydroxylation is 1. The zero-order valence-corrected chi connectivity index (χ0v) is 49.0. The number of anilines is 3.